The number of allylic oxidation sites excluding steroid dienone is 6. The van der Waals surface area contributed by atoms with E-state index in [2.05, 4.69) is 193 Å². The summed E-state index contributed by atoms with van der Waals surface area (Å²) < 4.78 is 6.70. The molecule has 11 rings (SSSR count). The van der Waals surface area contributed by atoms with Crippen LogP contribution >= 0.6 is 0 Å². The van der Waals surface area contributed by atoms with Gasteiger partial charge in [0.15, 0.2) is 17.5 Å². The third-order valence-electron chi connectivity index (χ3n) is 11.3. The van der Waals surface area contributed by atoms with Gasteiger partial charge in [0.2, 0.25) is 0 Å². The highest BCUT2D eigenvalue weighted by atomic mass is 16.3. The second-order valence-corrected chi connectivity index (χ2v) is 14.8. The molecule has 0 radical (unpaired) electrons. The average Bonchev–Trinajstić information content (AvgIpc) is 3.82. The molecule has 7 aromatic carbocycles. The third-order valence-corrected chi connectivity index (χ3v) is 11.3. The smallest absolute Gasteiger partial charge is 0.164 e. The van der Waals surface area contributed by atoms with Crippen LogP contribution in [0.5, 0.6) is 0 Å². The van der Waals surface area contributed by atoms with Crippen molar-refractivity contribution >= 4 is 44.1 Å². The van der Waals surface area contributed by atoms with Crippen molar-refractivity contribution in [1.29, 1.82) is 0 Å². The molecule has 274 valence electrons. The highest BCUT2D eigenvalue weighted by Crippen LogP contribution is 2.48. The lowest BCUT2D eigenvalue weighted by molar-refractivity contribution is 0.668. The van der Waals surface area contributed by atoms with Crippen LogP contribution in [0.4, 0.5) is 11.4 Å². The van der Waals surface area contributed by atoms with Crippen molar-refractivity contribution in [1.82, 2.24) is 15.0 Å². The highest BCUT2D eigenvalue weighted by molar-refractivity contribution is 6.12. The van der Waals surface area contributed by atoms with Gasteiger partial charge >= 0.3 is 0 Å². The average molecular weight is 745 g/mol. The summed E-state index contributed by atoms with van der Waals surface area (Å²) >= 11 is 0. The summed E-state index contributed by atoms with van der Waals surface area (Å²) in [5, 5.41) is 4.28. The first-order valence-corrected chi connectivity index (χ1v) is 19.7. The van der Waals surface area contributed by atoms with Gasteiger partial charge in [-0.05, 0) is 57.8 Å². The second kappa shape index (κ2) is 14.1. The van der Waals surface area contributed by atoms with E-state index in [9.17, 15) is 0 Å². The number of fused-ring (bicyclic) bond motifs is 7. The van der Waals surface area contributed by atoms with Gasteiger partial charge in [-0.15, -0.1) is 0 Å². The Balaban J connectivity index is 1.05. The molecule has 0 saturated carbocycles. The summed E-state index contributed by atoms with van der Waals surface area (Å²) in [5.41, 5.74) is 10.2. The standard InChI is InChI=1S/C53H36N4O/c1-2-4-9-22-46-42(19-8-3-1)43-20-12-13-23-47(43)57(46)41-31-32-44-49(34-41)58-48-24-14-21-45(50(44)48)53-55-51(38-28-25-37(26-29-38)35-15-6-5-7-16-35)54-52(56-53)40-30-27-36-17-10-11-18-39(36)33-40/h1-34,42,46H/b3-1?,4-2?,19-8+,22-9-. The fourth-order valence-electron chi connectivity index (χ4n) is 8.52. The number of para-hydroxylation sites is 1. The molecule has 1 aliphatic carbocycles. The van der Waals surface area contributed by atoms with Crippen LogP contribution in [0, 0.1) is 0 Å². The number of furan rings is 1. The van der Waals surface area contributed by atoms with Gasteiger partial charge in [-0.25, -0.2) is 15.0 Å². The van der Waals surface area contributed by atoms with Crippen LogP contribution in [0.1, 0.15) is 11.5 Å². The van der Waals surface area contributed by atoms with Crippen LogP contribution < -0.4 is 4.90 Å². The SMILES string of the molecule is C1=C/C=C\C2C(/C=C/C=C1)c1ccccc1N2c1ccc2c(c1)oc1cccc(-c3nc(-c4ccc(-c5ccccc5)cc4)nc(-c4ccc5ccccc5c4)n3)c12. The Bertz CT molecular complexity index is 3140. The van der Waals surface area contributed by atoms with Crippen LogP contribution in [0.15, 0.2) is 211 Å². The van der Waals surface area contributed by atoms with Gasteiger partial charge < -0.3 is 9.32 Å². The van der Waals surface area contributed by atoms with Gasteiger partial charge in [0, 0.05) is 50.8 Å². The van der Waals surface area contributed by atoms with Crippen LogP contribution in [0.2, 0.25) is 0 Å². The predicted octanol–water partition coefficient (Wildman–Crippen LogP) is 13.4. The summed E-state index contributed by atoms with van der Waals surface area (Å²) in [6.45, 7) is 0. The molecule has 2 atom stereocenters. The maximum atomic E-state index is 6.70. The Kier molecular flexibility index (Phi) is 8.21. The number of aromatic nitrogens is 3. The van der Waals surface area contributed by atoms with E-state index < -0.39 is 0 Å². The Morgan fingerprint density at radius 1 is 0.448 bits per heavy atom. The fraction of sp³-hybridized carbons (Fsp3) is 0.0377. The lowest BCUT2D eigenvalue weighted by atomic mass is 9.93. The first-order valence-electron chi connectivity index (χ1n) is 19.7. The van der Waals surface area contributed by atoms with E-state index in [1.54, 1.807) is 0 Å². The minimum atomic E-state index is 0.0983. The predicted molar refractivity (Wildman–Crippen MR) is 238 cm³/mol. The molecule has 0 fully saturated rings. The molecule has 0 amide bonds. The lowest BCUT2D eigenvalue weighted by Crippen LogP contribution is -2.27. The molecule has 3 heterocycles. The molecular formula is C53H36N4O. The number of rotatable bonds is 5. The number of hydrogen-bond donors (Lipinski definition) is 0. The Hall–Kier alpha value is -7.63. The van der Waals surface area contributed by atoms with Gasteiger partial charge in [0.1, 0.15) is 11.2 Å². The maximum absolute atomic E-state index is 6.70. The zero-order chi connectivity index (χ0) is 38.4. The summed E-state index contributed by atoms with van der Waals surface area (Å²) in [6, 6.07) is 55.1. The summed E-state index contributed by atoms with van der Waals surface area (Å²) in [6.07, 6.45) is 17.2. The molecule has 2 unspecified atom stereocenters. The molecule has 1 aliphatic heterocycles. The van der Waals surface area contributed by atoms with Crippen molar-refractivity contribution in [3.63, 3.8) is 0 Å². The Morgan fingerprint density at radius 3 is 1.98 bits per heavy atom. The largest absolute Gasteiger partial charge is 0.456 e. The van der Waals surface area contributed by atoms with Crippen LogP contribution in [0.25, 0.3) is 78.0 Å². The van der Waals surface area contributed by atoms with Gasteiger partial charge in [-0.1, -0.05) is 170 Å². The molecule has 0 N–H and O–H groups in total. The molecule has 58 heavy (non-hydrogen) atoms. The molecule has 2 aliphatic rings. The van der Waals surface area contributed by atoms with E-state index in [1.165, 1.54) is 16.6 Å². The van der Waals surface area contributed by atoms with Crippen molar-refractivity contribution in [2.45, 2.75) is 12.0 Å². The zero-order valence-electron chi connectivity index (χ0n) is 31.5. The minimum Gasteiger partial charge on any atom is -0.456 e. The maximum Gasteiger partial charge on any atom is 0.164 e. The van der Waals surface area contributed by atoms with Crippen molar-refractivity contribution < 1.29 is 4.42 Å². The number of nitrogens with zero attached hydrogens (tertiary/aromatic N) is 4. The van der Waals surface area contributed by atoms with Crippen molar-refractivity contribution in [2.24, 2.45) is 0 Å². The molecule has 5 heteroatoms. The summed E-state index contributed by atoms with van der Waals surface area (Å²) in [5.74, 6) is 2.02. The highest BCUT2D eigenvalue weighted by Gasteiger charge is 2.36. The molecular weight excluding hydrogens is 709 g/mol. The minimum absolute atomic E-state index is 0.0983. The fourth-order valence-corrected chi connectivity index (χ4v) is 8.52. The molecule has 5 nitrogen and oxygen atoms in total. The Labute approximate surface area is 336 Å². The third kappa shape index (κ3) is 5.92. The number of benzene rings is 7. The molecule has 2 aromatic heterocycles. The zero-order valence-corrected chi connectivity index (χ0v) is 31.5. The van der Waals surface area contributed by atoms with Gasteiger partial charge in [-0.2, -0.15) is 0 Å². The monoisotopic (exact) mass is 744 g/mol. The van der Waals surface area contributed by atoms with Gasteiger partial charge in [0.25, 0.3) is 0 Å². The van der Waals surface area contributed by atoms with E-state index in [-0.39, 0.29) is 12.0 Å². The lowest BCUT2D eigenvalue weighted by Gasteiger charge is -2.27. The molecule has 0 saturated heterocycles. The van der Waals surface area contributed by atoms with Crippen LogP contribution in [0.3, 0.4) is 0 Å². The first-order chi connectivity index (χ1) is 28.7. The van der Waals surface area contributed by atoms with Gasteiger partial charge in [-0.3, -0.25) is 0 Å². The number of hydrogen-bond acceptors (Lipinski definition) is 5. The van der Waals surface area contributed by atoms with Crippen LogP contribution in [-0.4, -0.2) is 21.0 Å². The van der Waals surface area contributed by atoms with Crippen molar-refractivity contribution in [2.75, 3.05) is 4.90 Å². The van der Waals surface area contributed by atoms with E-state index in [0.717, 1.165) is 60.8 Å². The normalized spacial score (nSPS) is 17.1. The molecule has 9 aromatic rings. The van der Waals surface area contributed by atoms with Crippen molar-refractivity contribution in [3.8, 4) is 45.3 Å². The second-order valence-electron chi connectivity index (χ2n) is 14.8. The van der Waals surface area contributed by atoms with Gasteiger partial charge in [0.05, 0.1) is 6.04 Å². The summed E-state index contributed by atoms with van der Waals surface area (Å²) in [7, 11) is 0. The molecule has 0 bridgehead atoms. The van der Waals surface area contributed by atoms with E-state index in [4.69, 9.17) is 19.4 Å². The van der Waals surface area contributed by atoms with E-state index >= 15 is 0 Å². The van der Waals surface area contributed by atoms with E-state index in [1.807, 2.05) is 18.2 Å². The summed E-state index contributed by atoms with van der Waals surface area (Å²) in [4.78, 5) is 17.9. The van der Waals surface area contributed by atoms with Crippen molar-refractivity contribution in [3.05, 3.63) is 212 Å². The molecule has 0 spiro atoms. The van der Waals surface area contributed by atoms with E-state index in [0.29, 0.717) is 17.5 Å². The topological polar surface area (TPSA) is 55.1 Å². The van der Waals surface area contributed by atoms with Crippen LogP contribution in [-0.2, 0) is 0 Å². The number of anilines is 2. The Morgan fingerprint density at radius 2 is 1.12 bits per heavy atom. The first kappa shape index (κ1) is 33.7. The quantitative estimate of drug-likeness (QED) is 0.176.